The molecule has 0 bridgehead atoms. The van der Waals surface area contributed by atoms with Crippen LogP contribution in [-0.4, -0.2) is 74.9 Å². The average Bonchev–Trinajstić information content (AvgIpc) is 3.27. The van der Waals surface area contributed by atoms with Gasteiger partial charge in [-0.1, -0.05) is 27.7 Å². The topological polar surface area (TPSA) is 126 Å². The normalized spacial score (nSPS) is 23.4. The van der Waals surface area contributed by atoms with Crippen LogP contribution in [0.2, 0.25) is 0 Å². The molecule has 186 valence electrons. The molecule has 0 saturated carbocycles. The van der Waals surface area contributed by atoms with Crippen LogP contribution in [0.1, 0.15) is 52.0 Å². The molecule has 34 heavy (non-hydrogen) atoms. The number of nitrogens with two attached hydrogens (primary N) is 1. The highest BCUT2D eigenvalue weighted by molar-refractivity contribution is 7.10. The van der Waals surface area contributed by atoms with E-state index in [4.69, 9.17) is 10.6 Å². The van der Waals surface area contributed by atoms with Gasteiger partial charge in [0.25, 0.3) is 11.8 Å². The van der Waals surface area contributed by atoms with Crippen molar-refractivity contribution in [1.29, 1.82) is 0 Å². The molecule has 2 saturated heterocycles. The highest BCUT2D eigenvalue weighted by Crippen LogP contribution is 2.32. The number of nitrogens with zero attached hydrogens (tertiary/aromatic N) is 4. The summed E-state index contributed by atoms with van der Waals surface area (Å²) in [6, 6.07) is -0.754. The Hall–Kier alpha value is -2.79. The molecule has 4 amide bonds. The third-order valence-corrected chi connectivity index (χ3v) is 6.46. The quantitative estimate of drug-likeness (QED) is 0.523. The number of hydrogen-bond donors (Lipinski definition) is 1. The van der Waals surface area contributed by atoms with Crippen LogP contribution in [-0.2, 0) is 24.0 Å². The van der Waals surface area contributed by atoms with E-state index < -0.39 is 30.1 Å². The van der Waals surface area contributed by atoms with Crippen LogP contribution in [0.3, 0.4) is 0 Å². The molecule has 3 atom stereocenters. The van der Waals surface area contributed by atoms with Gasteiger partial charge in [0.05, 0.1) is 6.54 Å². The van der Waals surface area contributed by atoms with E-state index in [9.17, 15) is 19.2 Å². The van der Waals surface area contributed by atoms with E-state index in [0.29, 0.717) is 17.8 Å². The molecule has 2 fully saturated rings. The average molecular weight is 492 g/mol. The fourth-order valence-corrected chi connectivity index (χ4v) is 4.76. The van der Waals surface area contributed by atoms with Gasteiger partial charge in [0.15, 0.2) is 12.3 Å². The van der Waals surface area contributed by atoms with Crippen molar-refractivity contribution >= 4 is 41.0 Å². The molecule has 0 spiro atoms. The number of amides is 4. The zero-order valence-corrected chi connectivity index (χ0v) is 20.9. The first-order valence-corrected chi connectivity index (χ1v) is 12.4. The summed E-state index contributed by atoms with van der Waals surface area (Å²) in [4.78, 5) is 64.6. The lowest BCUT2D eigenvalue weighted by Gasteiger charge is -2.53. The summed E-state index contributed by atoms with van der Waals surface area (Å²) in [6.07, 6.45) is 3.77. The molecule has 2 aliphatic rings. The standard InChI is InChI=1S/C23H33N5O5S/c1-14(2)11-16-22(31)26(9-7-18(24)29)13-20-27(16)23(32)17(12-15(3)4)33-28(20)21(30)6-5-19-25-8-10-34-19/h5-6,8,10,14-17,20H,7,9,11-13H2,1-4H3,(H2,24,29)/b6-5+/t16-,17+,20-/m0/s1. The summed E-state index contributed by atoms with van der Waals surface area (Å²) in [5, 5.41) is 3.67. The summed E-state index contributed by atoms with van der Waals surface area (Å²) in [5.41, 5.74) is 5.31. The van der Waals surface area contributed by atoms with Crippen molar-refractivity contribution in [3.63, 3.8) is 0 Å². The van der Waals surface area contributed by atoms with Crippen molar-refractivity contribution in [3.05, 3.63) is 22.7 Å². The Kier molecular flexibility index (Phi) is 8.42. The highest BCUT2D eigenvalue weighted by Gasteiger charge is 2.52. The monoisotopic (exact) mass is 491 g/mol. The lowest BCUT2D eigenvalue weighted by atomic mass is 9.95. The number of hydrogen-bond acceptors (Lipinski definition) is 7. The smallest absolute Gasteiger partial charge is 0.272 e. The first-order valence-electron chi connectivity index (χ1n) is 11.5. The molecule has 11 heteroatoms. The number of carbonyl (C=O) groups is 4. The predicted octanol–water partition coefficient (Wildman–Crippen LogP) is 1.63. The van der Waals surface area contributed by atoms with Gasteiger partial charge in [-0.2, -0.15) is 5.06 Å². The van der Waals surface area contributed by atoms with Gasteiger partial charge in [-0.25, -0.2) is 4.98 Å². The minimum Gasteiger partial charge on any atom is -0.370 e. The lowest BCUT2D eigenvalue weighted by molar-refractivity contribution is -0.274. The van der Waals surface area contributed by atoms with Crippen LogP contribution < -0.4 is 5.73 Å². The Balaban J connectivity index is 1.96. The van der Waals surface area contributed by atoms with Crippen molar-refractivity contribution in [2.45, 2.75) is 65.3 Å². The van der Waals surface area contributed by atoms with Crippen LogP contribution in [0.25, 0.3) is 6.08 Å². The zero-order chi connectivity index (χ0) is 25.0. The highest BCUT2D eigenvalue weighted by atomic mass is 32.1. The Morgan fingerprint density at radius 3 is 2.50 bits per heavy atom. The largest absolute Gasteiger partial charge is 0.370 e. The summed E-state index contributed by atoms with van der Waals surface area (Å²) >= 11 is 1.39. The third kappa shape index (κ3) is 6.01. The van der Waals surface area contributed by atoms with Gasteiger partial charge in [0, 0.05) is 30.6 Å². The molecule has 1 aromatic heterocycles. The molecule has 3 rings (SSSR count). The second-order valence-electron chi connectivity index (χ2n) is 9.46. The second kappa shape index (κ2) is 11.1. The molecule has 0 radical (unpaired) electrons. The molecular formula is C23H33N5O5S. The first-order chi connectivity index (χ1) is 16.1. The Bertz CT molecular complexity index is 932. The minimum absolute atomic E-state index is 0.00443. The van der Waals surface area contributed by atoms with Gasteiger partial charge in [0.2, 0.25) is 11.8 Å². The molecular weight excluding hydrogens is 458 g/mol. The maximum absolute atomic E-state index is 13.5. The van der Waals surface area contributed by atoms with E-state index >= 15 is 0 Å². The van der Waals surface area contributed by atoms with Crippen molar-refractivity contribution in [2.75, 3.05) is 13.1 Å². The van der Waals surface area contributed by atoms with Gasteiger partial charge in [-0.3, -0.25) is 24.0 Å². The molecule has 10 nitrogen and oxygen atoms in total. The molecule has 3 heterocycles. The molecule has 0 unspecified atom stereocenters. The van der Waals surface area contributed by atoms with Gasteiger partial charge >= 0.3 is 0 Å². The van der Waals surface area contributed by atoms with Gasteiger partial charge < -0.3 is 15.5 Å². The van der Waals surface area contributed by atoms with Crippen LogP contribution in [0.4, 0.5) is 0 Å². The zero-order valence-electron chi connectivity index (χ0n) is 20.0. The fraction of sp³-hybridized carbons (Fsp3) is 0.609. The van der Waals surface area contributed by atoms with Crippen molar-refractivity contribution < 1.29 is 24.0 Å². The van der Waals surface area contributed by atoms with Crippen LogP contribution in [0.5, 0.6) is 0 Å². The summed E-state index contributed by atoms with van der Waals surface area (Å²) < 4.78 is 0. The third-order valence-electron chi connectivity index (χ3n) is 5.72. The van der Waals surface area contributed by atoms with Crippen LogP contribution >= 0.6 is 11.3 Å². The van der Waals surface area contributed by atoms with Crippen molar-refractivity contribution in [1.82, 2.24) is 19.8 Å². The van der Waals surface area contributed by atoms with Crippen molar-refractivity contribution in [3.8, 4) is 0 Å². The summed E-state index contributed by atoms with van der Waals surface area (Å²) in [6.45, 7) is 8.04. The number of primary amides is 1. The molecule has 0 aliphatic carbocycles. The predicted molar refractivity (Wildman–Crippen MR) is 127 cm³/mol. The van der Waals surface area contributed by atoms with E-state index in [1.807, 2.05) is 27.7 Å². The molecule has 2 N–H and O–H groups in total. The lowest BCUT2D eigenvalue weighted by Crippen LogP contribution is -2.73. The van der Waals surface area contributed by atoms with E-state index in [0.717, 1.165) is 0 Å². The van der Waals surface area contributed by atoms with E-state index in [2.05, 4.69) is 4.98 Å². The van der Waals surface area contributed by atoms with Gasteiger partial charge in [0.1, 0.15) is 11.0 Å². The summed E-state index contributed by atoms with van der Waals surface area (Å²) in [7, 11) is 0. The maximum atomic E-state index is 13.5. The maximum Gasteiger partial charge on any atom is 0.272 e. The van der Waals surface area contributed by atoms with Crippen LogP contribution in [0, 0.1) is 11.8 Å². The Morgan fingerprint density at radius 1 is 1.21 bits per heavy atom. The Morgan fingerprint density at radius 2 is 1.91 bits per heavy atom. The SMILES string of the molecule is CC(C)C[C@H]1ON(C(=O)/C=C/c2nccs2)[C@H]2CN(CCC(N)=O)C(=O)[C@H](CC(C)C)N2C1=O. The fourth-order valence-electron chi connectivity index (χ4n) is 4.23. The number of piperazine rings is 1. The Labute approximate surface area is 203 Å². The number of aromatic nitrogens is 1. The molecule has 1 aromatic rings. The van der Waals surface area contributed by atoms with Crippen molar-refractivity contribution in [2.24, 2.45) is 17.6 Å². The summed E-state index contributed by atoms with van der Waals surface area (Å²) in [5.74, 6) is -1.24. The van der Waals surface area contributed by atoms with E-state index in [-0.39, 0.29) is 43.2 Å². The second-order valence-corrected chi connectivity index (χ2v) is 10.4. The van der Waals surface area contributed by atoms with Gasteiger partial charge in [-0.15, -0.1) is 11.3 Å². The first kappa shape index (κ1) is 25.8. The van der Waals surface area contributed by atoms with Gasteiger partial charge in [-0.05, 0) is 30.8 Å². The van der Waals surface area contributed by atoms with Crippen LogP contribution in [0.15, 0.2) is 17.7 Å². The number of carbonyl (C=O) groups excluding carboxylic acids is 4. The molecule has 2 aliphatic heterocycles. The van der Waals surface area contributed by atoms with E-state index in [1.165, 1.54) is 32.3 Å². The number of hydroxylamine groups is 2. The number of thiazole rings is 1. The number of fused-ring (bicyclic) bond motifs is 1. The number of rotatable bonds is 9. The molecule has 0 aromatic carbocycles. The van der Waals surface area contributed by atoms with E-state index in [1.54, 1.807) is 17.7 Å². The minimum atomic E-state index is -0.868.